The van der Waals surface area contributed by atoms with E-state index in [9.17, 15) is 18.6 Å². The number of hydrogen-bond donors (Lipinski definition) is 3. The molecule has 3 heterocycles. The molecule has 1 saturated heterocycles. The van der Waals surface area contributed by atoms with Crippen LogP contribution in [-0.2, 0) is 10.0 Å². The van der Waals surface area contributed by atoms with Crippen molar-refractivity contribution in [2.75, 3.05) is 18.4 Å². The molecule has 0 radical (unpaired) electrons. The van der Waals surface area contributed by atoms with Gasteiger partial charge in [0.25, 0.3) is 0 Å². The molecule has 0 atom stereocenters. The van der Waals surface area contributed by atoms with Gasteiger partial charge in [-0.2, -0.15) is 13.9 Å². The molecule has 0 aliphatic carbocycles. The average Bonchev–Trinajstić information content (AvgIpc) is 3.21. The fourth-order valence-corrected chi connectivity index (χ4v) is 6.03. The van der Waals surface area contributed by atoms with Crippen LogP contribution in [0.5, 0.6) is 11.5 Å². The van der Waals surface area contributed by atoms with E-state index in [4.69, 9.17) is 0 Å². The van der Waals surface area contributed by atoms with Crippen LogP contribution in [0.4, 0.5) is 5.82 Å². The molecule has 1 aliphatic heterocycles. The van der Waals surface area contributed by atoms with E-state index in [1.54, 1.807) is 41.0 Å². The second-order valence-electron chi connectivity index (χ2n) is 8.06. The van der Waals surface area contributed by atoms with Crippen LogP contribution in [-0.4, -0.2) is 56.7 Å². The molecule has 9 nitrogen and oxygen atoms in total. The predicted molar refractivity (Wildman–Crippen MR) is 131 cm³/mol. The van der Waals surface area contributed by atoms with E-state index in [0.717, 1.165) is 4.47 Å². The molecule has 1 aliphatic rings. The van der Waals surface area contributed by atoms with Crippen LogP contribution < -0.4 is 5.32 Å². The lowest BCUT2D eigenvalue weighted by molar-refractivity contribution is 0.327. The number of hydrogen-bond acceptors (Lipinski definition) is 7. The van der Waals surface area contributed by atoms with Gasteiger partial charge in [0.15, 0.2) is 5.65 Å². The number of fused-ring (bicyclic) bond motifs is 1. The minimum absolute atomic E-state index is 0.00150. The van der Waals surface area contributed by atoms with Crippen molar-refractivity contribution in [2.24, 2.45) is 0 Å². The third-order valence-electron chi connectivity index (χ3n) is 5.90. The molecular formula is C23H22BrN5O4S. The molecule has 34 heavy (non-hydrogen) atoms. The van der Waals surface area contributed by atoms with Gasteiger partial charge in [-0.1, -0.05) is 24.3 Å². The van der Waals surface area contributed by atoms with Gasteiger partial charge in [-0.15, -0.1) is 0 Å². The number of phenols is 2. The third kappa shape index (κ3) is 4.10. The van der Waals surface area contributed by atoms with Crippen LogP contribution in [0, 0.1) is 0 Å². The molecular weight excluding hydrogens is 522 g/mol. The smallest absolute Gasteiger partial charge is 0.246 e. The predicted octanol–water partition coefficient (Wildman–Crippen LogP) is 3.84. The molecule has 176 valence electrons. The minimum Gasteiger partial charge on any atom is -0.507 e. The summed E-state index contributed by atoms with van der Waals surface area (Å²) in [5.74, 6) is 0.572. The van der Waals surface area contributed by atoms with Gasteiger partial charge < -0.3 is 15.5 Å². The number of piperidine rings is 1. The molecule has 11 heteroatoms. The van der Waals surface area contributed by atoms with Crippen LogP contribution in [0.1, 0.15) is 12.8 Å². The summed E-state index contributed by atoms with van der Waals surface area (Å²) in [7, 11) is -3.77. The van der Waals surface area contributed by atoms with Crippen LogP contribution in [0.3, 0.4) is 0 Å². The van der Waals surface area contributed by atoms with Crippen LogP contribution in [0.15, 0.2) is 70.2 Å². The fourth-order valence-electron chi connectivity index (χ4n) is 4.13. The second kappa shape index (κ2) is 8.90. The fraction of sp³-hybridized carbons (Fsp3) is 0.217. The number of para-hydroxylation sites is 2. The quantitative estimate of drug-likeness (QED) is 0.349. The molecule has 0 saturated carbocycles. The summed E-state index contributed by atoms with van der Waals surface area (Å²) >= 11 is 3.48. The van der Waals surface area contributed by atoms with Crippen LogP contribution in [0.25, 0.3) is 16.9 Å². The Morgan fingerprint density at radius 1 is 1.00 bits per heavy atom. The minimum atomic E-state index is -3.77. The van der Waals surface area contributed by atoms with Crippen molar-refractivity contribution in [3.8, 4) is 22.8 Å². The van der Waals surface area contributed by atoms with E-state index in [1.807, 2.05) is 12.1 Å². The van der Waals surface area contributed by atoms with Crippen molar-refractivity contribution >= 4 is 37.4 Å². The molecule has 4 aromatic rings. The van der Waals surface area contributed by atoms with Gasteiger partial charge in [0.05, 0.1) is 16.4 Å². The number of aromatic hydroxyl groups is 2. The Morgan fingerprint density at radius 3 is 2.38 bits per heavy atom. The summed E-state index contributed by atoms with van der Waals surface area (Å²) < 4.78 is 29.8. The summed E-state index contributed by atoms with van der Waals surface area (Å²) in [5.41, 5.74) is 1.79. The van der Waals surface area contributed by atoms with Crippen molar-refractivity contribution in [3.05, 3.63) is 65.3 Å². The monoisotopic (exact) mass is 543 g/mol. The molecule has 3 N–H and O–H groups in total. The van der Waals surface area contributed by atoms with Crippen LogP contribution >= 0.6 is 15.9 Å². The van der Waals surface area contributed by atoms with Gasteiger partial charge in [0.2, 0.25) is 10.0 Å². The van der Waals surface area contributed by atoms with Gasteiger partial charge >= 0.3 is 0 Å². The number of aromatic nitrogens is 3. The number of sulfonamides is 1. The summed E-state index contributed by atoms with van der Waals surface area (Å²) in [4.78, 5) is 4.57. The van der Waals surface area contributed by atoms with E-state index >= 15 is 0 Å². The highest BCUT2D eigenvalue weighted by atomic mass is 79.9. The maximum Gasteiger partial charge on any atom is 0.246 e. The first-order valence-electron chi connectivity index (χ1n) is 10.7. The lowest BCUT2D eigenvalue weighted by Crippen LogP contribution is -2.42. The Kier molecular flexibility index (Phi) is 5.92. The Labute approximate surface area is 204 Å². The van der Waals surface area contributed by atoms with Gasteiger partial charge in [0, 0.05) is 30.8 Å². The van der Waals surface area contributed by atoms with Crippen molar-refractivity contribution in [3.63, 3.8) is 0 Å². The number of halogens is 1. The Hall–Kier alpha value is -3.15. The van der Waals surface area contributed by atoms with Gasteiger partial charge in [-0.3, -0.25) is 0 Å². The van der Waals surface area contributed by atoms with E-state index in [1.165, 1.54) is 16.4 Å². The highest BCUT2D eigenvalue weighted by molar-refractivity contribution is 9.10. The zero-order valence-corrected chi connectivity index (χ0v) is 20.4. The van der Waals surface area contributed by atoms with E-state index in [2.05, 4.69) is 31.3 Å². The molecule has 0 amide bonds. The summed E-state index contributed by atoms with van der Waals surface area (Å²) in [6.45, 7) is 0.634. The largest absolute Gasteiger partial charge is 0.507 e. The van der Waals surface area contributed by atoms with Crippen LogP contribution in [0.2, 0.25) is 0 Å². The lowest BCUT2D eigenvalue weighted by Gasteiger charge is -2.32. The average molecular weight is 544 g/mol. The Balaban J connectivity index is 1.39. The highest BCUT2D eigenvalue weighted by Gasteiger charge is 2.31. The van der Waals surface area contributed by atoms with Gasteiger partial charge in [-0.25, -0.2) is 13.4 Å². The van der Waals surface area contributed by atoms with Crippen molar-refractivity contribution in [2.45, 2.75) is 23.8 Å². The number of rotatable bonds is 5. The first-order valence-corrected chi connectivity index (χ1v) is 13.0. The van der Waals surface area contributed by atoms with Crippen molar-refractivity contribution in [1.82, 2.24) is 18.9 Å². The Bertz CT molecular complexity index is 1470. The number of benzene rings is 2. The summed E-state index contributed by atoms with van der Waals surface area (Å²) in [6, 6.07) is 14.8. The number of nitrogens with zero attached hydrogens (tertiary/aromatic N) is 4. The van der Waals surface area contributed by atoms with E-state index in [-0.39, 0.29) is 22.4 Å². The molecule has 1 fully saturated rings. The molecule has 5 rings (SSSR count). The molecule has 0 unspecified atom stereocenters. The molecule has 2 aromatic carbocycles. The van der Waals surface area contributed by atoms with E-state index in [0.29, 0.717) is 48.7 Å². The Morgan fingerprint density at radius 2 is 1.68 bits per heavy atom. The first kappa shape index (κ1) is 22.6. The third-order valence-corrected chi connectivity index (χ3v) is 8.40. The lowest BCUT2D eigenvalue weighted by atomic mass is 10.1. The maximum absolute atomic E-state index is 13.0. The zero-order valence-electron chi connectivity index (χ0n) is 18.0. The first-order chi connectivity index (χ1) is 16.3. The zero-order chi connectivity index (χ0) is 23.9. The highest BCUT2D eigenvalue weighted by Crippen LogP contribution is 2.32. The molecule has 2 aromatic heterocycles. The SMILES string of the molecule is O=S(=O)(c1ccccc1O)N1CCC(Nc2cc(-c3ccccc3O)nc3c(Br)cnn23)CC1. The molecule has 0 bridgehead atoms. The normalized spacial score (nSPS) is 15.6. The maximum atomic E-state index is 13.0. The topological polar surface area (TPSA) is 120 Å². The van der Waals surface area contributed by atoms with Crippen molar-refractivity contribution in [1.29, 1.82) is 0 Å². The van der Waals surface area contributed by atoms with Gasteiger partial charge in [0.1, 0.15) is 22.2 Å². The van der Waals surface area contributed by atoms with Crippen molar-refractivity contribution < 1.29 is 18.6 Å². The number of phenolic OH excluding ortho intramolecular Hbond substituents is 2. The standard InChI is InChI=1S/C23H22BrN5O4S/c24-17-14-25-29-22(13-18(27-23(17)29)16-5-1-2-6-19(16)30)26-15-9-11-28(12-10-15)34(32,33)21-8-4-3-7-20(21)31/h1-8,13-15,26,30-31H,9-12H2. The molecule has 0 spiro atoms. The van der Waals surface area contributed by atoms with Gasteiger partial charge in [-0.05, 0) is 53.0 Å². The van der Waals surface area contributed by atoms with E-state index < -0.39 is 10.0 Å². The number of anilines is 1. The second-order valence-corrected chi connectivity index (χ2v) is 10.8. The number of nitrogens with one attached hydrogen (secondary N) is 1. The summed E-state index contributed by atoms with van der Waals surface area (Å²) in [5, 5.41) is 28.2. The summed E-state index contributed by atoms with van der Waals surface area (Å²) in [6.07, 6.45) is 2.81.